The summed E-state index contributed by atoms with van der Waals surface area (Å²) in [4.78, 5) is 13.8. The summed E-state index contributed by atoms with van der Waals surface area (Å²) in [6, 6.07) is 7.66. The highest BCUT2D eigenvalue weighted by atomic mass is 16.2. The molecular formula is C13H19N3O. The number of nitrogens with two attached hydrogens (primary N) is 1. The Morgan fingerprint density at radius 1 is 1.41 bits per heavy atom. The molecule has 17 heavy (non-hydrogen) atoms. The van der Waals surface area contributed by atoms with Crippen LogP contribution in [0.1, 0.15) is 24.8 Å². The Hall–Kier alpha value is -1.55. The minimum Gasteiger partial charge on any atom is -0.311 e. The smallest absolute Gasteiger partial charge is 0.311 e. The van der Waals surface area contributed by atoms with Crippen LogP contribution in [0.25, 0.3) is 0 Å². The molecule has 0 spiro atoms. The maximum absolute atomic E-state index is 12.1. The summed E-state index contributed by atoms with van der Waals surface area (Å²) < 4.78 is 0. The van der Waals surface area contributed by atoms with Crippen molar-refractivity contribution in [3.05, 3.63) is 29.8 Å². The first-order valence-corrected chi connectivity index (χ1v) is 6.07. The predicted octanol–water partition coefficient (Wildman–Crippen LogP) is 2.30. The molecule has 0 aromatic heterocycles. The van der Waals surface area contributed by atoms with Gasteiger partial charge in [-0.05, 0) is 37.8 Å². The second-order valence-corrected chi connectivity index (χ2v) is 4.50. The number of nitrogens with one attached hydrogen (secondary N) is 1. The molecule has 1 aliphatic rings. The SMILES string of the molecule is Cc1ccccc1NC(=O)N1CCCCC1N. The molecule has 3 N–H and O–H groups in total. The van der Waals surface area contributed by atoms with Gasteiger partial charge in [-0.15, -0.1) is 0 Å². The highest BCUT2D eigenvalue weighted by molar-refractivity contribution is 5.90. The van der Waals surface area contributed by atoms with Gasteiger partial charge in [0, 0.05) is 12.2 Å². The molecule has 1 heterocycles. The lowest BCUT2D eigenvalue weighted by Crippen LogP contribution is -2.50. The van der Waals surface area contributed by atoms with Gasteiger partial charge in [-0.2, -0.15) is 0 Å². The van der Waals surface area contributed by atoms with E-state index < -0.39 is 0 Å². The number of aryl methyl sites for hydroxylation is 1. The first-order valence-electron chi connectivity index (χ1n) is 6.07. The number of para-hydroxylation sites is 1. The lowest BCUT2D eigenvalue weighted by Gasteiger charge is -2.33. The molecule has 1 aromatic rings. The molecule has 0 radical (unpaired) electrons. The fourth-order valence-electron chi connectivity index (χ4n) is 2.11. The number of hydrogen-bond acceptors (Lipinski definition) is 2. The topological polar surface area (TPSA) is 58.4 Å². The Labute approximate surface area is 102 Å². The van der Waals surface area contributed by atoms with Crippen LogP contribution < -0.4 is 11.1 Å². The summed E-state index contributed by atoms with van der Waals surface area (Å²) in [6.07, 6.45) is 2.89. The van der Waals surface area contributed by atoms with E-state index in [2.05, 4.69) is 5.32 Å². The first kappa shape index (κ1) is 11.9. The van der Waals surface area contributed by atoms with Crippen molar-refractivity contribution in [2.45, 2.75) is 32.4 Å². The molecule has 2 amide bonds. The molecule has 1 saturated heterocycles. The number of anilines is 1. The van der Waals surface area contributed by atoms with E-state index in [4.69, 9.17) is 5.73 Å². The Kier molecular flexibility index (Phi) is 3.64. The second-order valence-electron chi connectivity index (χ2n) is 4.50. The molecule has 0 bridgehead atoms. The van der Waals surface area contributed by atoms with Crippen molar-refractivity contribution in [1.82, 2.24) is 4.90 Å². The zero-order valence-electron chi connectivity index (χ0n) is 10.1. The second kappa shape index (κ2) is 5.19. The highest BCUT2D eigenvalue weighted by Gasteiger charge is 2.23. The van der Waals surface area contributed by atoms with Gasteiger partial charge in [0.1, 0.15) is 0 Å². The minimum absolute atomic E-state index is 0.0912. The standard InChI is InChI=1S/C13H19N3O/c1-10-6-2-3-7-11(10)15-13(17)16-9-5-4-8-12(16)14/h2-3,6-7,12H,4-5,8-9,14H2,1H3,(H,15,17). The van der Waals surface area contributed by atoms with Gasteiger partial charge in [-0.1, -0.05) is 18.2 Å². The molecule has 1 fully saturated rings. The molecule has 2 rings (SSSR count). The summed E-state index contributed by atoms with van der Waals surface area (Å²) in [7, 11) is 0. The third-order valence-electron chi connectivity index (χ3n) is 3.20. The van der Waals surface area contributed by atoms with Gasteiger partial charge in [-0.3, -0.25) is 0 Å². The molecule has 0 saturated carbocycles. The fraction of sp³-hybridized carbons (Fsp3) is 0.462. The first-order chi connectivity index (χ1) is 8.18. The van der Waals surface area contributed by atoms with Crippen LogP contribution in [0.4, 0.5) is 10.5 Å². The summed E-state index contributed by atoms with van der Waals surface area (Å²) >= 11 is 0. The van der Waals surface area contributed by atoms with Crippen LogP contribution in [0, 0.1) is 6.92 Å². The van der Waals surface area contributed by atoms with Crippen LogP contribution in [0.15, 0.2) is 24.3 Å². The number of carbonyl (C=O) groups excluding carboxylic acids is 1. The molecule has 1 unspecified atom stereocenters. The number of likely N-dealkylation sites (tertiary alicyclic amines) is 1. The third-order valence-corrected chi connectivity index (χ3v) is 3.20. The van der Waals surface area contributed by atoms with Crippen molar-refractivity contribution in [2.75, 3.05) is 11.9 Å². The fourth-order valence-corrected chi connectivity index (χ4v) is 2.11. The van der Waals surface area contributed by atoms with Crippen molar-refractivity contribution < 1.29 is 4.79 Å². The molecule has 92 valence electrons. The van der Waals surface area contributed by atoms with Crippen molar-refractivity contribution >= 4 is 11.7 Å². The largest absolute Gasteiger partial charge is 0.323 e. The van der Waals surface area contributed by atoms with E-state index in [0.29, 0.717) is 0 Å². The molecular weight excluding hydrogens is 214 g/mol. The number of benzene rings is 1. The van der Waals surface area contributed by atoms with Crippen LogP contribution in [-0.4, -0.2) is 23.6 Å². The Balaban J connectivity index is 2.03. The van der Waals surface area contributed by atoms with Crippen LogP contribution in [0.5, 0.6) is 0 Å². The van der Waals surface area contributed by atoms with E-state index in [1.807, 2.05) is 31.2 Å². The maximum Gasteiger partial charge on any atom is 0.323 e. The van der Waals surface area contributed by atoms with E-state index in [0.717, 1.165) is 37.1 Å². The highest BCUT2D eigenvalue weighted by Crippen LogP contribution is 2.17. The zero-order valence-corrected chi connectivity index (χ0v) is 10.1. The maximum atomic E-state index is 12.1. The van der Waals surface area contributed by atoms with E-state index in [1.54, 1.807) is 4.90 Å². The van der Waals surface area contributed by atoms with Gasteiger partial charge < -0.3 is 16.0 Å². The van der Waals surface area contributed by atoms with Crippen molar-refractivity contribution in [2.24, 2.45) is 5.73 Å². The lowest BCUT2D eigenvalue weighted by molar-refractivity contribution is 0.165. The average Bonchev–Trinajstić information content (AvgIpc) is 2.32. The number of carbonyl (C=O) groups is 1. The van der Waals surface area contributed by atoms with E-state index in [-0.39, 0.29) is 12.2 Å². The Morgan fingerprint density at radius 3 is 2.88 bits per heavy atom. The molecule has 1 aromatic carbocycles. The van der Waals surface area contributed by atoms with Crippen molar-refractivity contribution in [3.8, 4) is 0 Å². The monoisotopic (exact) mass is 233 g/mol. The number of nitrogens with zero attached hydrogens (tertiary/aromatic N) is 1. The normalized spacial score (nSPS) is 20.1. The van der Waals surface area contributed by atoms with Crippen LogP contribution in [0.3, 0.4) is 0 Å². The van der Waals surface area contributed by atoms with Crippen molar-refractivity contribution in [3.63, 3.8) is 0 Å². The summed E-state index contributed by atoms with van der Waals surface area (Å²) in [5.41, 5.74) is 7.85. The molecule has 0 aliphatic carbocycles. The summed E-state index contributed by atoms with van der Waals surface area (Å²) in [5, 5.41) is 2.92. The molecule has 4 nitrogen and oxygen atoms in total. The molecule has 1 aliphatic heterocycles. The quantitative estimate of drug-likeness (QED) is 0.782. The Bertz CT molecular complexity index is 405. The van der Waals surface area contributed by atoms with E-state index >= 15 is 0 Å². The summed E-state index contributed by atoms with van der Waals surface area (Å²) in [5.74, 6) is 0. The van der Waals surface area contributed by atoms with E-state index in [9.17, 15) is 4.79 Å². The van der Waals surface area contributed by atoms with Crippen molar-refractivity contribution in [1.29, 1.82) is 0 Å². The van der Waals surface area contributed by atoms with Gasteiger partial charge in [0.15, 0.2) is 0 Å². The van der Waals surface area contributed by atoms with Gasteiger partial charge in [0.2, 0.25) is 0 Å². The minimum atomic E-state index is -0.146. The lowest BCUT2D eigenvalue weighted by atomic mass is 10.1. The predicted molar refractivity (Wildman–Crippen MR) is 68.7 cm³/mol. The molecule has 1 atom stereocenters. The van der Waals surface area contributed by atoms with Crippen LogP contribution in [0.2, 0.25) is 0 Å². The Morgan fingerprint density at radius 2 is 2.18 bits per heavy atom. The van der Waals surface area contributed by atoms with Gasteiger partial charge in [0.05, 0.1) is 6.17 Å². The average molecular weight is 233 g/mol. The zero-order chi connectivity index (χ0) is 12.3. The third kappa shape index (κ3) is 2.77. The number of amides is 2. The van der Waals surface area contributed by atoms with Gasteiger partial charge >= 0.3 is 6.03 Å². The molecule has 4 heteroatoms. The van der Waals surface area contributed by atoms with Crippen LogP contribution >= 0.6 is 0 Å². The summed E-state index contributed by atoms with van der Waals surface area (Å²) in [6.45, 7) is 2.73. The van der Waals surface area contributed by atoms with Gasteiger partial charge in [0.25, 0.3) is 0 Å². The van der Waals surface area contributed by atoms with Crippen LogP contribution in [-0.2, 0) is 0 Å². The van der Waals surface area contributed by atoms with Gasteiger partial charge in [-0.25, -0.2) is 4.79 Å². The number of piperidine rings is 1. The number of hydrogen-bond donors (Lipinski definition) is 2. The number of rotatable bonds is 1. The number of urea groups is 1. The van der Waals surface area contributed by atoms with E-state index in [1.165, 1.54) is 0 Å².